The van der Waals surface area contributed by atoms with Crippen LogP contribution < -0.4 is 9.80 Å². The van der Waals surface area contributed by atoms with Crippen molar-refractivity contribution in [2.75, 3.05) is 43.0 Å². The van der Waals surface area contributed by atoms with Gasteiger partial charge in [-0.25, -0.2) is 9.72 Å². The van der Waals surface area contributed by atoms with Crippen molar-refractivity contribution in [3.8, 4) is 0 Å². The van der Waals surface area contributed by atoms with E-state index in [1.54, 1.807) is 12.1 Å². The first-order valence-electron chi connectivity index (χ1n) is 9.24. The molecule has 3 rings (SSSR count). The van der Waals surface area contributed by atoms with Gasteiger partial charge in [-0.1, -0.05) is 11.6 Å². The van der Waals surface area contributed by atoms with E-state index in [1.807, 2.05) is 17.0 Å². The summed E-state index contributed by atoms with van der Waals surface area (Å²) >= 11 is 6.04. The molecule has 0 N–H and O–H groups in total. The van der Waals surface area contributed by atoms with Gasteiger partial charge in [-0.2, -0.15) is 13.2 Å². The van der Waals surface area contributed by atoms with Crippen LogP contribution in [-0.2, 0) is 6.18 Å². The van der Waals surface area contributed by atoms with E-state index in [4.69, 9.17) is 11.6 Å². The quantitative estimate of drug-likeness (QED) is 0.232. The maximum Gasteiger partial charge on any atom is 0.417 e. The normalized spacial score (nSPS) is 15.4. The van der Waals surface area contributed by atoms with Crippen LogP contribution in [-0.4, -0.2) is 54.9 Å². The molecular weight excluding hydrogens is 421 g/mol. The Morgan fingerprint density at radius 2 is 1.80 bits per heavy atom. The second kappa shape index (κ2) is 8.91. The van der Waals surface area contributed by atoms with E-state index in [0.29, 0.717) is 42.3 Å². The number of Topliss-reactive ketones (excluding diaryl/α,β-unsaturated/α-hetero) is 1. The topological polar surface area (TPSA) is 62.5 Å². The maximum absolute atomic E-state index is 12.8. The second-order valence-electron chi connectivity index (χ2n) is 6.90. The van der Waals surface area contributed by atoms with Crippen molar-refractivity contribution in [1.29, 1.82) is 0 Å². The van der Waals surface area contributed by atoms with E-state index >= 15 is 0 Å². The lowest BCUT2D eigenvalue weighted by atomic mass is 10.1. The highest BCUT2D eigenvalue weighted by Crippen LogP contribution is 2.34. The van der Waals surface area contributed by atoms with Crippen molar-refractivity contribution in [1.82, 2.24) is 4.98 Å². The standard InChI is InChI=1S/C20H20ClF3N4O2/c1-26(30)7-6-18(29)14-2-4-16(5-3-14)27-8-10-28(11-9-27)19-17(21)12-15(13-25-19)20(22,23)24/h2-5,7,12-13H,6,8-11H2,1H3. The van der Waals surface area contributed by atoms with Gasteiger partial charge in [0.15, 0.2) is 12.0 Å². The van der Waals surface area contributed by atoms with Crippen molar-refractivity contribution in [3.05, 3.63) is 57.9 Å². The number of hydroxylamine groups is 1. The third-order valence-electron chi connectivity index (χ3n) is 4.82. The average Bonchev–Trinajstić information content (AvgIpc) is 2.71. The average molecular weight is 441 g/mol. The van der Waals surface area contributed by atoms with E-state index in [9.17, 15) is 23.2 Å². The van der Waals surface area contributed by atoms with Crippen LogP contribution in [0.3, 0.4) is 0 Å². The zero-order valence-electron chi connectivity index (χ0n) is 16.2. The molecule has 0 bridgehead atoms. The van der Waals surface area contributed by atoms with Gasteiger partial charge in [-0.3, -0.25) is 4.79 Å². The van der Waals surface area contributed by atoms with Crippen LogP contribution in [0.1, 0.15) is 22.3 Å². The monoisotopic (exact) mass is 440 g/mol. The molecule has 0 saturated carbocycles. The van der Waals surface area contributed by atoms with Crippen LogP contribution in [0.2, 0.25) is 5.02 Å². The molecule has 1 fully saturated rings. The van der Waals surface area contributed by atoms with Gasteiger partial charge in [0.1, 0.15) is 12.9 Å². The number of hydrogen-bond donors (Lipinski definition) is 0. The molecule has 1 aliphatic heterocycles. The van der Waals surface area contributed by atoms with Crippen molar-refractivity contribution < 1.29 is 22.7 Å². The zero-order valence-corrected chi connectivity index (χ0v) is 17.0. The van der Waals surface area contributed by atoms with Crippen molar-refractivity contribution in [2.45, 2.75) is 12.6 Å². The predicted molar refractivity (Wildman–Crippen MR) is 110 cm³/mol. The Kier molecular flexibility index (Phi) is 6.50. The van der Waals surface area contributed by atoms with Gasteiger partial charge in [-0.15, -0.1) is 0 Å². The summed E-state index contributed by atoms with van der Waals surface area (Å²) in [4.78, 5) is 19.9. The number of alkyl halides is 3. The molecule has 6 nitrogen and oxygen atoms in total. The van der Waals surface area contributed by atoms with E-state index in [0.717, 1.165) is 18.0 Å². The summed E-state index contributed by atoms with van der Waals surface area (Å²) in [5.41, 5.74) is 0.586. The van der Waals surface area contributed by atoms with Crippen LogP contribution in [0.15, 0.2) is 36.5 Å². The summed E-state index contributed by atoms with van der Waals surface area (Å²) in [5, 5.41) is 10.9. The molecule has 0 radical (unpaired) electrons. The van der Waals surface area contributed by atoms with Crippen LogP contribution in [0.4, 0.5) is 24.7 Å². The van der Waals surface area contributed by atoms with Crippen LogP contribution >= 0.6 is 11.6 Å². The first-order valence-corrected chi connectivity index (χ1v) is 9.62. The van der Waals surface area contributed by atoms with Gasteiger partial charge in [0.25, 0.3) is 0 Å². The predicted octanol–water partition coefficient (Wildman–Crippen LogP) is 3.86. The molecule has 1 aromatic carbocycles. The molecule has 1 saturated heterocycles. The number of halogens is 4. The molecule has 0 aliphatic carbocycles. The van der Waals surface area contributed by atoms with Gasteiger partial charge in [-0.05, 0) is 30.3 Å². The highest BCUT2D eigenvalue weighted by atomic mass is 35.5. The highest BCUT2D eigenvalue weighted by Gasteiger charge is 2.32. The summed E-state index contributed by atoms with van der Waals surface area (Å²) in [7, 11) is 1.32. The number of hydrogen-bond acceptors (Lipinski definition) is 5. The van der Waals surface area contributed by atoms with Crippen molar-refractivity contribution in [2.24, 2.45) is 0 Å². The summed E-state index contributed by atoms with van der Waals surface area (Å²) in [6.45, 7) is 2.34. The number of carbonyl (C=O) groups is 1. The molecule has 0 amide bonds. The molecule has 0 unspecified atom stereocenters. The maximum atomic E-state index is 12.8. The number of piperazine rings is 1. The zero-order chi connectivity index (χ0) is 21.9. The molecule has 0 atom stereocenters. The van der Waals surface area contributed by atoms with Gasteiger partial charge in [0.05, 0.1) is 17.0 Å². The number of anilines is 2. The summed E-state index contributed by atoms with van der Waals surface area (Å²) < 4.78 is 38.9. The largest absolute Gasteiger partial charge is 0.624 e. The Labute approximate surface area is 176 Å². The molecule has 2 aromatic rings. The molecular formula is C20H20ClF3N4O2. The number of pyridine rings is 1. The number of carbonyl (C=O) groups excluding carboxylic acids is 1. The van der Waals surface area contributed by atoms with Crippen LogP contribution in [0.5, 0.6) is 0 Å². The summed E-state index contributed by atoms with van der Waals surface area (Å²) in [6, 6.07) is 8.02. The third-order valence-corrected chi connectivity index (χ3v) is 5.09. The Morgan fingerprint density at radius 3 is 2.33 bits per heavy atom. The summed E-state index contributed by atoms with van der Waals surface area (Å²) in [5.74, 6) is 0.196. The smallest absolute Gasteiger partial charge is 0.417 e. The lowest BCUT2D eigenvalue weighted by Crippen LogP contribution is -2.47. The fourth-order valence-electron chi connectivity index (χ4n) is 3.18. The first-order chi connectivity index (χ1) is 14.1. The minimum absolute atomic E-state index is 0.0262. The van der Waals surface area contributed by atoms with Crippen molar-refractivity contribution >= 4 is 35.1 Å². The van der Waals surface area contributed by atoms with E-state index in [2.05, 4.69) is 9.88 Å². The van der Waals surface area contributed by atoms with Crippen LogP contribution in [0, 0.1) is 5.21 Å². The van der Waals surface area contributed by atoms with Gasteiger partial charge < -0.3 is 15.0 Å². The molecule has 1 aromatic heterocycles. The van der Waals surface area contributed by atoms with E-state index < -0.39 is 11.7 Å². The summed E-state index contributed by atoms with van der Waals surface area (Å²) in [6.07, 6.45) is -2.37. The number of benzene rings is 1. The first kappa shape index (κ1) is 21.9. The number of rotatable bonds is 5. The van der Waals surface area contributed by atoms with E-state index in [1.165, 1.54) is 13.3 Å². The third kappa shape index (κ3) is 5.21. The number of ketones is 1. The SMILES string of the molecule is C[N+]([O-])=CCC(=O)c1ccc(N2CCN(c3ncc(C(F)(F)F)cc3Cl)CC2)cc1. The molecule has 10 heteroatoms. The minimum atomic E-state index is -4.48. The lowest BCUT2D eigenvalue weighted by molar-refractivity contribution is -0.418. The molecule has 2 heterocycles. The molecule has 30 heavy (non-hydrogen) atoms. The Hall–Kier alpha value is -2.81. The van der Waals surface area contributed by atoms with Crippen LogP contribution in [0.25, 0.3) is 0 Å². The Morgan fingerprint density at radius 1 is 1.20 bits per heavy atom. The fourth-order valence-corrected chi connectivity index (χ4v) is 3.47. The molecule has 160 valence electrons. The minimum Gasteiger partial charge on any atom is -0.624 e. The van der Waals surface area contributed by atoms with E-state index in [-0.39, 0.29) is 17.2 Å². The Bertz CT molecular complexity index is 936. The Balaban J connectivity index is 1.62. The van der Waals surface area contributed by atoms with Gasteiger partial charge in [0, 0.05) is 43.6 Å². The number of nitrogens with zero attached hydrogens (tertiary/aromatic N) is 4. The second-order valence-corrected chi connectivity index (χ2v) is 7.31. The number of aromatic nitrogens is 1. The van der Waals surface area contributed by atoms with Crippen molar-refractivity contribution in [3.63, 3.8) is 0 Å². The van der Waals surface area contributed by atoms with Gasteiger partial charge >= 0.3 is 6.18 Å². The highest BCUT2D eigenvalue weighted by molar-refractivity contribution is 6.33. The lowest BCUT2D eigenvalue weighted by Gasteiger charge is -2.37. The fraction of sp³-hybridized carbons (Fsp3) is 0.350. The van der Waals surface area contributed by atoms with Gasteiger partial charge in [0.2, 0.25) is 0 Å². The molecule has 0 spiro atoms. The molecule has 1 aliphatic rings.